The van der Waals surface area contributed by atoms with Crippen molar-refractivity contribution in [2.24, 2.45) is 0 Å². The normalized spacial score (nSPS) is 17.2. The van der Waals surface area contributed by atoms with E-state index in [1.165, 1.54) is 0 Å². The summed E-state index contributed by atoms with van der Waals surface area (Å²) in [6, 6.07) is 15.2. The van der Waals surface area contributed by atoms with Crippen molar-refractivity contribution in [3.8, 4) is 22.9 Å². The zero-order valence-corrected chi connectivity index (χ0v) is 19.3. The van der Waals surface area contributed by atoms with E-state index >= 15 is 0 Å². The van der Waals surface area contributed by atoms with Crippen LogP contribution in [0.25, 0.3) is 11.1 Å². The molecule has 0 saturated carbocycles. The molecule has 2 aromatic carbocycles. The van der Waals surface area contributed by atoms with Crippen molar-refractivity contribution in [2.75, 3.05) is 26.0 Å². The highest BCUT2D eigenvalue weighted by Gasteiger charge is 2.28. The fourth-order valence-corrected chi connectivity index (χ4v) is 3.98. The summed E-state index contributed by atoms with van der Waals surface area (Å²) >= 11 is 0. The van der Waals surface area contributed by atoms with E-state index < -0.39 is 34.3 Å². The number of nitriles is 1. The summed E-state index contributed by atoms with van der Waals surface area (Å²) in [6.07, 6.45) is -0.377. The summed E-state index contributed by atoms with van der Waals surface area (Å²) in [5, 5.41) is 21.4. The number of rotatable bonds is 7. The summed E-state index contributed by atoms with van der Waals surface area (Å²) in [7, 11) is -3.63. The molecule has 2 atom stereocenters. The Labute approximate surface area is 197 Å². The van der Waals surface area contributed by atoms with Crippen molar-refractivity contribution in [2.45, 2.75) is 25.0 Å². The Morgan fingerprint density at radius 1 is 1.26 bits per heavy atom. The van der Waals surface area contributed by atoms with Gasteiger partial charge in [0.25, 0.3) is 5.91 Å². The number of amides is 2. The molecular weight excluding hydrogens is 462 g/mol. The lowest BCUT2D eigenvalue weighted by molar-refractivity contribution is -0.133. The predicted octanol–water partition coefficient (Wildman–Crippen LogP) is 2.01. The van der Waals surface area contributed by atoms with Crippen LogP contribution in [0.4, 0.5) is 4.79 Å². The molecule has 1 aliphatic heterocycles. The van der Waals surface area contributed by atoms with Crippen molar-refractivity contribution in [3.05, 3.63) is 54.1 Å². The van der Waals surface area contributed by atoms with E-state index in [0.717, 1.165) is 27.8 Å². The first-order valence-electron chi connectivity index (χ1n) is 10.5. The molecule has 0 radical (unpaired) electrons. The maximum absolute atomic E-state index is 12.6. The Hall–Kier alpha value is -3.62. The highest BCUT2D eigenvalue weighted by Crippen LogP contribution is 2.25. The molecule has 1 heterocycles. The van der Waals surface area contributed by atoms with Crippen molar-refractivity contribution < 1.29 is 32.0 Å². The summed E-state index contributed by atoms with van der Waals surface area (Å²) in [4.78, 5) is 25.0. The van der Waals surface area contributed by atoms with Crippen LogP contribution < -0.4 is 9.50 Å². The Bertz CT molecular complexity index is 1180. The summed E-state index contributed by atoms with van der Waals surface area (Å²) in [6.45, 7) is 0.462. The van der Waals surface area contributed by atoms with E-state index in [1.807, 2.05) is 30.3 Å². The highest BCUT2D eigenvalue weighted by molar-refractivity contribution is 7.86. The van der Waals surface area contributed by atoms with Gasteiger partial charge in [-0.3, -0.25) is 4.79 Å². The quantitative estimate of drug-likeness (QED) is 0.564. The molecule has 0 aliphatic carbocycles. The summed E-state index contributed by atoms with van der Waals surface area (Å²) in [5.74, 6) is -0.322. The van der Waals surface area contributed by atoms with Crippen LogP contribution in [0.2, 0.25) is 0 Å². The van der Waals surface area contributed by atoms with Crippen molar-refractivity contribution in [3.63, 3.8) is 0 Å². The molecule has 2 amide bonds. The van der Waals surface area contributed by atoms with Crippen LogP contribution >= 0.6 is 0 Å². The maximum atomic E-state index is 12.6. The van der Waals surface area contributed by atoms with E-state index in [0.29, 0.717) is 6.42 Å². The lowest BCUT2D eigenvalue weighted by Gasteiger charge is -2.22. The smallest absolute Gasteiger partial charge is 0.407 e. The highest BCUT2D eigenvalue weighted by atomic mass is 32.2. The number of carbonyl (C=O) groups excluding carboxylic acids is 1. The van der Waals surface area contributed by atoms with Crippen LogP contribution in [-0.4, -0.2) is 68.5 Å². The maximum Gasteiger partial charge on any atom is 0.407 e. The van der Waals surface area contributed by atoms with Crippen LogP contribution in [0.3, 0.4) is 0 Å². The second-order valence-corrected chi connectivity index (χ2v) is 9.42. The van der Waals surface area contributed by atoms with Gasteiger partial charge in [0.1, 0.15) is 11.8 Å². The lowest BCUT2D eigenvalue weighted by Crippen LogP contribution is -2.47. The minimum absolute atomic E-state index is 0.0872. The number of hydrogen-bond donors (Lipinski definition) is 2. The second kappa shape index (κ2) is 11.0. The Balaban J connectivity index is 1.64. The minimum Gasteiger partial charge on any atom is -0.465 e. The first-order valence-corrected chi connectivity index (χ1v) is 12.3. The Morgan fingerprint density at radius 3 is 2.65 bits per heavy atom. The number of nitrogens with one attached hydrogen (secondary N) is 1. The van der Waals surface area contributed by atoms with E-state index in [1.54, 1.807) is 18.2 Å². The standard InChI is InChI=1S/C23H25N3O7S/c1-34(30,31)33-20-5-2-4-18(13-20)17-8-6-16(7-9-17)12-19(14-24)25-22(27)21-15-26(23(28)29)10-3-11-32-21/h2,4-9,13,19,21H,3,10-12,15H2,1H3,(H,25,27)(H,28,29)/t19-,21-/m0/s1. The molecule has 10 nitrogen and oxygen atoms in total. The third-order valence-corrected chi connectivity index (χ3v) is 5.62. The Kier molecular flexibility index (Phi) is 8.09. The molecule has 180 valence electrons. The molecule has 0 unspecified atom stereocenters. The fourth-order valence-electron chi connectivity index (χ4n) is 3.52. The van der Waals surface area contributed by atoms with Crippen LogP contribution in [0.5, 0.6) is 5.75 Å². The molecule has 2 N–H and O–H groups in total. The number of carbonyl (C=O) groups is 2. The largest absolute Gasteiger partial charge is 0.465 e. The van der Waals surface area contributed by atoms with E-state index in [2.05, 4.69) is 11.4 Å². The SMILES string of the molecule is CS(=O)(=O)Oc1cccc(-c2ccc(C[C@@H](C#N)NC(=O)[C@@H]3CN(C(=O)O)CCCO3)cc2)c1. The monoisotopic (exact) mass is 487 g/mol. The van der Waals surface area contributed by atoms with Gasteiger partial charge in [-0.15, -0.1) is 0 Å². The van der Waals surface area contributed by atoms with Gasteiger partial charge in [0.05, 0.1) is 18.9 Å². The zero-order chi connectivity index (χ0) is 24.7. The first-order chi connectivity index (χ1) is 16.1. The van der Waals surface area contributed by atoms with Crippen molar-refractivity contribution in [1.82, 2.24) is 10.2 Å². The molecule has 1 fully saturated rings. The molecule has 11 heteroatoms. The third kappa shape index (κ3) is 7.19. The second-order valence-electron chi connectivity index (χ2n) is 7.85. The average molecular weight is 488 g/mol. The molecule has 1 aliphatic rings. The molecule has 34 heavy (non-hydrogen) atoms. The average Bonchev–Trinajstić information content (AvgIpc) is 3.05. The fraction of sp³-hybridized carbons (Fsp3) is 0.348. The number of hydrogen-bond acceptors (Lipinski definition) is 7. The molecule has 0 bridgehead atoms. The summed E-state index contributed by atoms with van der Waals surface area (Å²) in [5.41, 5.74) is 2.38. The number of nitrogens with zero attached hydrogens (tertiary/aromatic N) is 2. The van der Waals surface area contributed by atoms with Gasteiger partial charge in [0, 0.05) is 19.6 Å². The van der Waals surface area contributed by atoms with Crippen LogP contribution in [0.1, 0.15) is 12.0 Å². The molecule has 0 spiro atoms. The van der Waals surface area contributed by atoms with Gasteiger partial charge in [0.2, 0.25) is 0 Å². The first kappa shape index (κ1) is 25.0. The lowest BCUT2D eigenvalue weighted by atomic mass is 10.0. The van der Waals surface area contributed by atoms with E-state index in [9.17, 15) is 28.4 Å². The van der Waals surface area contributed by atoms with Gasteiger partial charge in [-0.25, -0.2) is 4.79 Å². The van der Waals surface area contributed by atoms with Crippen LogP contribution in [-0.2, 0) is 26.1 Å². The topological polar surface area (TPSA) is 146 Å². The number of ether oxygens (including phenoxy) is 1. The molecule has 1 saturated heterocycles. The van der Waals surface area contributed by atoms with E-state index in [-0.39, 0.29) is 31.9 Å². The number of benzene rings is 2. The van der Waals surface area contributed by atoms with Crippen LogP contribution in [0, 0.1) is 11.3 Å². The molecule has 3 rings (SSSR count). The van der Waals surface area contributed by atoms with Gasteiger partial charge in [0.15, 0.2) is 6.10 Å². The van der Waals surface area contributed by atoms with Gasteiger partial charge in [-0.05, 0) is 35.2 Å². The number of carboxylic acid groups (broad SMARTS) is 1. The third-order valence-electron chi connectivity index (χ3n) is 5.12. The molecular formula is C23H25N3O7S. The van der Waals surface area contributed by atoms with Gasteiger partial charge in [-0.2, -0.15) is 13.7 Å². The van der Waals surface area contributed by atoms with Crippen molar-refractivity contribution >= 4 is 22.1 Å². The molecule has 0 aromatic heterocycles. The van der Waals surface area contributed by atoms with E-state index in [4.69, 9.17) is 8.92 Å². The summed E-state index contributed by atoms with van der Waals surface area (Å²) < 4.78 is 33.1. The molecule has 2 aromatic rings. The van der Waals surface area contributed by atoms with Gasteiger partial charge in [-0.1, -0.05) is 36.4 Å². The Morgan fingerprint density at radius 2 is 2.00 bits per heavy atom. The minimum atomic E-state index is -3.63. The zero-order valence-electron chi connectivity index (χ0n) is 18.5. The predicted molar refractivity (Wildman–Crippen MR) is 123 cm³/mol. The van der Waals surface area contributed by atoms with Gasteiger partial charge < -0.3 is 24.2 Å². The van der Waals surface area contributed by atoms with Crippen LogP contribution in [0.15, 0.2) is 48.5 Å². The van der Waals surface area contributed by atoms with Crippen molar-refractivity contribution in [1.29, 1.82) is 5.26 Å². The van der Waals surface area contributed by atoms with Gasteiger partial charge >= 0.3 is 16.2 Å².